The van der Waals surface area contributed by atoms with Crippen LogP contribution >= 0.6 is 0 Å². The van der Waals surface area contributed by atoms with Crippen LogP contribution in [0, 0.1) is 11.8 Å². The molecular formula is C22H32N4O2. The number of aromatic nitrogens is 2. The van der Waals surface area contributed by atoms with Crippen LogP contribution in [0.15, 0.2) is 28.8 Å². The van der Waals surface area contributed by atoms with Crippen molar-refractivity contribution in [1.82, 2.24) is 15.0 Å². The number of hydrogen-bond acceptors (Lipinski definition) is 5. The van der Waals surface area contributed by atoms with Crippen LogP contribution in [0.25, 0.3) is 0 Å². The summed E-state index contributed by atoms with van der Waals surface area (Å²) in [5, 5.41) is 6.91. The molecular weight excluding hydrogens is 352 g/mol. The molecule has 2 heterocycles. The summed E-state index contributed by atoms with van der Waals surface area (Å²) in [7, 11) is 0. The highest BCUT2D eigenvalue weighted by atomic mass is 16.5. The number of amides is 1. The molecule has 0 aliphatic carbocycles. The Morgan fingerprint density at radius 1 is 1.25 bits per heavy atom. The van der Waals surface area contributed by atoms with Gasteiger partial charge in [-0.15, -0.1) is 0 Å². The average molecular weight is 385 g/mol. The molecule has 6 nitrogen and oxygen atoms in total. The SMILES string of the molecule is CC(C)c1noc(CCC(=O)Nc2cccc(CCN3C[C@@H](C)[C@H](C)C3)c2)n1. The number of rotatable bonds is 8. The van der Waals surface area contributed by atoms with Crippen LogP contribution in [0.5, 0.6) is 0 Å². The van der Waals surface area contributed by atoms with E-state index in [1.54, 1.807) is 0 Å². The molecule has 1 aliphatic rings. The first-order valence-corrected chi connectivity index (χ1v) is 10.3. The first-order valence-electron chi connectivity index (χ1n) is 10.3. The van der Waals surface area contributed by atoms with Crippen molar-refractivity contribution in [2.75, 3.05) is 25.0 Å². The van der Waals surface area contributed by atoms with Crippen molar-refractivity contribution in [3.05, 3.63) is 41.5 Å². The Morgan fingerprint density at radius 3 is 2.68 bits per heavy atom. The Balaban J connectivity index is 1.46. The minimum atomic E-state index is -0.0383. The predicted molar refractivity (Wildman–Crippen MR) is 110 cm³/mol. The van der Waals surface area contributed by atoms with E-state index in [9.17, 15) is 4.79 Å². The van der Waals surface area contributed by atoms with Crippen LogP contribution in [0.1, 0.15) is 57.3 Å². The van der Waals surface area contributed by atoms with E-state index in [2.05, 4.69) is 46.3 Å². The van der Waals surface area contributed by atoms with Crippen LogP contribution in [0.3, 0.4) is 0 Å². The van der Waals surface area contributed by atoms with E-state index < -0.39 is 0 Å². The highest BCUT2D eigenvalue weighted by molar-refractivity contribution is 5.90. The molecule has 1 amide bonds. The summed E-state index contributed by atoms with van der Waals surface area (Å²) < 4.78 is 5.20. The monoisotopic (exact) mass is 384 g/mol. The van der Waals surface area contributed by atoms with Crippen LogP contribution in [0.2, 0.25) is 0 Å². The second-order valence-corrected chi connectivity index (χ2v) is 8.41. The third kappa shape index (κ3) is 5.64. The van der Waals surface area contributed by atoms with Gasteiger partial charge < -0.3 is 14.7 Å². The van der Waals surface area contributed by atoms with E-state index >= 15 is 0 Å². The Bertz CT molecular complexity index is 776. The molecule has 0 radical (unpaired) electrons. The first kappa shape index (κ1) is 20.5. The maximum absolute atomic E-state index is 12.3. The van der Waals surface area contributed by atoms with Crippen LogP contribution in [-0.2, 0) is 17.6 Å². The second kappa shape index (κ2) is 9.32. The van der Waals surface area contributed by atoms with Crippen molar-refractivity contribution in [1.29, 1.82) is 0 Å². The molecule has 1 aliphatic heterocycles. The highest BCUT2D eigenvalue weighted by Gasteiger charge is 2.25. The largest absolute Gasteiger partial charge is 0.339 e. The Kier molecular flexibility index (Phi) is 6.83. The number of carbonyl (C=O) groups excluding carboxylic acids is 1. The molecule has 28 heavy (non-hydrogen) atoms. The number of nitrogens with zero attached hydrogens (tertiary/aromatic N) is 3. The summed E-state index contributed by atoms with van der Waals surface area (Å²) in [4.78, 5) is 19.1. The maximum atomic E-state index is 12.3. The number of aryl methyl sites for hydroxylation is 1. The average Bonchev–Trinajstić information content (AvgIpc) is 3.26. The van der Waals surface area contributed by atoms with E-state index in [-0.39, 0.29) is 11.8 Å². The van der Waals surface area contributed by atoms with Gasteiger partial charge in [0.2, 0.25) is 11.8 Å². The summed E-state index contributed by atoms with van der Waals surface area (Å²) in [6.45, 7) is 12.1. The lowest BCUT2D eigenvalue weighted by Gasteiger charge is -2.15. The fourth-order valence-corrected chi connectivity index (χ4v) is 3.57. The minimum Gasteiger partial charge on any atom is -0.339 e. The molecule has 3 rings (SSSR count). The van der Waals surface area contributed by atoms with Crippen molar-refractivity contribution in [3.8, 4) is 0 Å². The molecule has 1 aromatic carbocycles. The molecule has 2 atom stereocenters. The third-order valence-electron chi connectivity index (χ3n) is 5.56. The smallest absolute Gasteiger partial charge is 0.227 e. The molecule has 6 heteroatoms. The van der Waals surface area contributed by atoms with E-state index in [1.165, 1.54) is 18.7 Å². The summed E-state index contributed by atoms with van der Waals surface area (Å²) in [5.41, 5.74) is 2.10. The van der Waals surface area contributed by atoms with Crippen molar-refractivity contribution in [3.63, 3.8) is 0 Å². The summed E-state index contributed by atoms with van der Waals surface area (Å²) in [6, 6.07) is 8.15. The lowest BCUT2D eigenvalue weighted by atomic mass is 10.0. The van der Waals surface area contributed by atoms with Gasteiger partial charge in [-0.05, 0) is 36.0 Å². The van der Waals surface area contributed by atoms with Gasteiger partial charge in [0, 0.05) is 44.1 Å². The number of carbonyl (C=O) groups is 1. The zero-order chi connectivity index (χ0) is 20.1. The molecule has 1 fully saturated rings. The molecule has 1 saturated heterocycles. The first-order chi connectivity index (χ1) is 13.4. The van der Waals surface area contributed by atoms with Crippen molar-refractivity contribution in [2.45, 2.75) is 52.9 Å². The van der Waals surface area contributed by atoms with Gasteiger partial charge in [-0.3, -0.25) is 4.79 Å². The fraction of sp³-hybridized carbons (Fsp3) is 0.591. The molecule has 0 spiro atoms. The standard InChI is InChI=1S/C22H32N4O2/c1-15(2)22-24-21(28-25-22)9-8-20(27)23-19-7-5-6-18(12-19)10-11-26-13-16(3)17(4)14-26/h5-7,12,15-17H,8-11,13-14H2,1-4H3,(H,23,27)/t16-,17-/m1/s1. The topological polar surface area (TPSA) is 71.3 Å². The number of benzene rings is 1. The van der Waals surface area contributed by atoms with E-state index in [4.69, 9.17) is 4.52 Å². The molecule has 2 aromatic rings. The van der Waals surface area contributed by atoms with Crippen molar-refractivity contribution < 1.29 is 9.32 Å². The summed E-state index contributed by atoms with van der Waals surface area (Å²) in [6.07, 6.45) is 1.78. The fourth-order valence-electron chi connectivity index (χ4n) is 3.57. The number of likely N-dealkylation sites (tertiary alicyclic amines) is 1. The molecule has 152 valence electrons. The van der Waals surface area contributed by atoms with Gasteiger partial charge in [-0.1, -0.05) is 45.0 Å². The normalized spacial score (nSPS) is 20.0. The molecule has 0 saturated carbocycles. The van der Waals surface area contributed by atoms with Gasteiger partial charge in [0.15, 0.2) is 5.82 Å². The molecule has 0 unspecified atom stereocenters. The molecule has 0 bridgehead atoms. The van der Waals surface area contributed by atoms with Gasteiger partial charge in [0.05, 0.1) is 0 Å². The molecule has 1 N–H and O–H groups in total. The van der Waals surface area contributed by atoms with Gasteiger partial charge in [0.25, 0.3) is 0 Å². The second-order valence-electron chi connectivity index (χ2n) is 8.41. The van der Waals surface area contributed by atoms with Crippen LogP contribution < -0.4 is 5.32 Å². The summed E-state index contributed by atoms with van der Waals surface area (Å²) >= 11 is 0. The Morgan fingerprint density at radius 2 is 2.00 bits per heavy atom. The zero-order valence-electron chi connectivity index (χ0n) is 17.4. The van der Waals surface area contributed by atoms with Crippen molar-refractivity contribution >= 4 is 11.6 Å². The quantitative estimate of drug-likeness (QED) is 0.747. The van der Waals surface area contributed by atoms with Gasteiger partial charge >= 0.3 is 0 Å². The van der Waals surface area contributed by atoms with E-state index in [0.29, 0.717) is 24.6 Å². The Labute approximate surface area is 167 Å². The maximum Gasteiger partial charge on any atom is 0.227 e. The van der Waals surface area contributed by atoms with Gasteiger partial charge in [-0.2, -0.15) is 4.98 Å². The molecule has 1 aromatic heterocycles. The van der Waals surface area contributed by atoms with E-state index in [1.807, 2.05) is 26.0 Å². The van der Waals surface area contributed by atoms with Crippen LogP contribution in [-0.4, -0.2) is 40.6 Å². The zero-order valence-corrected chi connectivity index (χ0v) is 17.4. The van der Waals surface area contributed by atoms with Gasteiger partial charge in [-0.25, -0.2) is 0 Å². The number of nitrogens with one attached hydrogen (secondary N) is 1. The Hall–Kier alpha value is -2.21. The number of hydrogen-bond donors (Lipinski definition) is 1. The van der Waals surface area contributed by atoms with Crippen molar-refractivity contribution in [2.24, 2.45) is 11.8 Å². The lowest BCUT2D eigenvalue weighted by Crippen LogP contribution is -2.23. The number of anilines is 1. The van der Waals surface area contributed by atoms with Gasteiger partial charge in [0.1, 0.15) is 0 Å². The predicted octanol–water partition coefficient (Wildman–Crippen LogP) is 3.89. The minimum absolute atomic E-state index is 0.0383. The highest BCUT2D eigenvalue weighted by Crippen LogP contribution is 2.22. The lowest BCUT2D eigenvalue weighted by molar-refractivity contribution is -0.116. The third-order valence-corrected chi connectivity index (χ3v) is 5.56. The van der Waals surface area contributed by atoms with E-state index in [0.717, 1.165) is 30.5 Å². The van der Waals surface area contributed by atoms with Crippen LogP contribution in [0.4, 0.5) is 5.69 Å². The summed E-state index contributed by atoms with van der Waals surface area (Å²) in [5.74, 6) is 2.94.